The molecule has 0 aliphatic heterocycles. The zero-order chi connectivity index (χ0) is 16.7. The maximum atomic E-state index is 11.0. The summed E-state index contributed by atoms with van der Waals surface area (Å²) in [5.74, 6) is 0. The predicted octanol–water partition coefficient (Wildman–Crippen LogP) is 1.73. The Bertz CT molecular complexity index is 371. The number of hydrogen-bond acceptors (Lipinski definition) is 6. The van der Waals surface area contributed by atoms with Crippen molar-refractivity contribution < 1.29 is 9.85 Å². The van der Waals surface area contributed by atoms with Gasteiger partial charge in [-0.05, 0) is 45.2 Å². The van der Waals surface area contributed by atoms with Crippen molar-refractivity contribution >= 4 is 0 Å². The lowest BCUT2D eigenvalue weighted by molar-refractivity contribution is -0.530. The second-order valence-electron chi connectivity index (χ2n) is 6.75. The van der Waals surface area contributed by atoms with Gasteiger partial charge in [0.15, 0.2) is 0 Å². The Morgan fingerprint density at radius 1 is 0.739 bits per heavy atom. The third-order valence-corrected chi connectivity index (χ3v) is 5.17. The van der Waals surface area contributed by atoms with Crippen molar-refractivity contribution in [2.45, 2.75) is 82.0 Å². The Labute approximate surface area is 136 Å². The minimum atomic E-state index is -0.464. The lowest BCUT2D eigenvalue weighted by atomic mass is 9.90. The number of nitro groups is 2. The van der Waals surface area contributed by atoms with E-state index in [2.05, 4.69) is 10.6 Å². The van der Waals surface area contributed by atoms with Gasteiger partial charge in [0.1, 0.15) is 0 Å². The fourth-order valence-corrected chi connectivity index (χ4v) is 3.87. The molecule has 2 saturated carbocycles. The molecule has 2 fully saturated rings. The van der Waals surface area contributed by atoms with Gasteiger partial charge in [-0.2, -0.15) is 0 Å². The zero-order valence-corrected chi connectivity index (χ0v) is 13.6. The number of rotatable bonds is 8. The zero-order valence-electron chi connectivity index (χ0n) is 13.6. The summed E-state index contributed by atoms with van der Waals surface area (Å²) in [6.45, 7) is 1.44. The molecular weight excluding hydrogens is 300 g/mol. The summed E-state index contributed by atoms with van der Waals surface area (Å²) in [6, 6.07) is -0.984. The maximum Gasteiger partial charge on any atom is 0.228 e. The van der Waals surface area contributed by atoms with Gasteiger partial charge >= 0.3 is 0 Å². The maximum absolute atomic E-state index is 11.0. The van der Waals surface area contributed by atoms with Crippen molar-refractivity contribution in [3.63, 3.8) is 0 Å². The Hall–Kier alpha value is -1.28. The third kappa shape index (κ3) is 5.39. The van der Waals surface area contributed by atoms with Crippen LogP contribution >= 0.6 is 0 Å². The highest BCUT2D eigenvalue weighted by Crippen LogP contribution is 2.21. The van der Waals surface area contributed by atoms with Gasteiger partial charge < -0.3 is 10.6 Å². The van der Waals surface area contributed by atoms with Crippen molar-refractivity contribution in [1.82, 2.24) is 10.6 Å². The van der Waals surface area contributed by atoms with E-state index >= 15 is 0 Å². The highest BCUT2D eigenvalue weighted by Gasteiger charge is 2.34. The summed E-state index contributed by atoms with van der Waals surface area (Å²) in [5.41, 5.74) is 0. The average molecular weight is 328 g/mol. The van der Waals surface area contributed by atoms with Gasteiger partial charge in [0, 0.05) is 22.7 Å². The number of hydrogen-bond donors (Lipinski definition) is 2. The van der Waals surface area contributed by atoms with Crippen molar-refractivity contribution in [3.8, 4) is 0 Å². The van der Waals surface area contributed by atoms with Crippen LogP contribution in [0, 0.1) is 20.2 Å². The van der Waals surface area contributed by atoms with E-state index < -0.39 is 12.1 Å². The average Bonchev–Trinajstić information content (AvgIpc) is 2.55. The van der Waals surface area contributed by atoms with E-state index in [9.17, 15) is 20.2 Å². The van der Waals surface area contributed by atoms with Gasteiger partial charge in [0.2, 0.25) is 12.1 Å². The molecule has 0 radical (unpaired) electrons. The fraction of sp³-hybridized carbons (Fsp3) is 1.00. The number of nitrogens with one attached hydrogen (secondary N) is 2. The molecule has 2 aliphatic carbocycles. The molecular formula is C15H28N4O4. The SMILES string of the molecule is O=[N+]([O-])C1CCCCC1NCCCNC1CCCCC1[N+](=O)[O-]. The minimum Gasteiger partial charge on any atom is -0.308 e. The van der Waals surface area contributed by atoms with Crippen LogP contribution in [0.15, 0.2) is 0 Å². The Morgan fingerprint density at radius 2 is 1.13 bits per heavy atom. The summed E-state index contributed by atoms with van der Waals surface area (Å²) in [7, 11) is 0. The van der Waals surface area contributed by atoms with E-state index in [1.165, 1.54) is 0 Å². The van der Waals surface area contributed by atoms with Crippen LogP contribution in [0.3, 0.4) is 0 Å². The highest BCUT2D eigenvalue weighted by atomic mass is 16.6. The van der Waals surface area contributed by atoms with Crippen LogP contribution in [0.2, 0.25) is 0 Å². The predicted molar refractivity (Wildman–Crippen MR) is 86.7 cm³/mol. The minimum absolute atomic E-state index is 0.0278. The normalized spacial score (nSPS) is 31.7. The first-order valence-electron chi connectivity index (χ1n) is 8.83. The van der Waals surface area contributed by atoms with Crippen LogP contribution in [0.5, 0.6) is 0 Å². The van der Waals surface area contributed by atoms with Crippen molar-refractivity contribution in [1.29, 1.82) is 0 Å². The lowest BCUT2D eigenvalue weighted by Crippen LogP contribution is -2.48. The first-order valence-corrected chi connectivity index (χ1v) is 8.83. The van der Waals surface area contributed by atoms with Crippen LogP contribution in [-0.4, -0.2) is 47.1 Å². The molecule has 0 aromatic heterocycles. The van der Waals surface area contributed by atoms with Gasteiger partial charge in [0.25, 0.3) is 0 Å². The van der Waals surface area contributed by atoms with Gasteiger partial charge in [-0.25, -0.2) is 0 Å². The Kier molecular flexibility index (Phi) is 7.16. The molecule has 2 aliphatic rings. The molecule has 8 nitrogen and oxygen atoms in total. The molecule has 0 heterocycles. The fourth-order valence-electron chi connectivity index (χ4n) is 3.87. The van der Waals surface area contributed by atoms with Gasteiger partial charge in [-0.15, -0.1) is 0 Å². The summed E-state index contributed by atoms with van der Waals surface area (Å²) >= 11 is 0. The van der Waals surface area contributed by atoms with Crippen molar-refractivity contribution in [3.05, 3.63) is 20.2 Å². The molecule has 2 N–H and O–H groups in total. The molecule has 0 saturated heterocycles. The van der Waals surface area contributed by atoms with Crippen LogP contribution in [-0.2, 0) is 0 Å². The topological polar surface area (TPSA) is 110 Å². The first kappa shape index (κ1) is 18.1. The summed E-state index contributed by atoms with van der Waals surface area (Å²) < 4.78 is 0. The van der Waals surface area contributed by atoms with Crippen LogP contribution in [0.1, 0.15) is 57.8 Å². The van der Waals surface area contributed by atoms with Gasteiger partial charge in [-0.3, -0.25) is 20.2 Å². The third-order valence-electron chi connectivity index (χ3n) is 5.17. The van der Waals surface area contributed by atoms with E-state index in [0.717, 1.165) is 58.0 Å². The Morgan fingerprint density at radius 3 is 1.52 bits per heavy atom. The molecule has 0 spiro atoms. The van der Waals surface area contributed by atoms with E-state index in [1.807, 2.05) is 0 Å². The standard InChI is InChI=1S/C15H28N4O4/c20-18(21)14-8-3-1-6-12(14)16-10-5-11-17-13-7-2-4-9-15(13)19(22)23/h12-17H,1-11H2. The van der Waals surface area contributed by atoms with Crippen LogP contribution in [0.25, 0.3) is 0 Å². The molecule has 0 amide bonds. The van der Waals surface area contributed by atoms with Gasteiger partial charge in [-0.1, -0.05) is 12.8 Å². The van der Waals surface area contributed by atoms with Crippen LogP contribution in [0.4, 0.5) is 0 Å². The van der Waals surface area contributed by atoms with E-state index in [1.54, 1.807) is 0 Å². The molecule has 23 heavy (non-hydrogen) atoms. The number of nitrogens with zero attached hydrogens (tertiary/aromatic N) is 2. The second kappa shape index (κ2) is 9.12. The highest BCUT2D eigenvalue weighted by molar-refractivity contribution is 4.82. The summed E-state index contributed by atoms with van der Waals surface area (Å²) in [5, 5.41) is 28.7. The monoisotopic (exact) mass is 328 g/mol. The molecule has 0 aromatic rings. The largest absolute Gasteiger partial charge is 0.308 e. The van der Waals surface area contributed by atoms with Gasteiger partial charge in [0.05, 0.1) is 12.1 Å². The molecule has 0 bridgehead atoms. The van der Waals surface area contributed by atoms with E-state index in [0.29, 0.717) is 12.8 Å². The molecule has 4 atom stereocenters. The molecule has 0 aromatic carbocycles. The van der Waals surface area contributed by atoms with Crippen LogP contribution < -0.4 is 10.6 Å². The van der Waals surface area contributed by atoms with Crippen molar-refractivity contribution in [2.24, 2.45) is 0 Å². The lowest BCUT2D eigenvalue weighted by Gasteiger charge is -2.27. The smallest absolute Gasteiger partial charge is 0.228 e. The first-order chi connectivity index (χ1) is 11.1. The van der Waals surface area contributed by atoms with E-state index in [-0.39, 0.29) is 21.9 Å². The molecule has 4 unspecified atom stereocenters. The van der Waals surface area contributed by atoms with Crippen molar-refractivity contribution in [2.75, 3.05) is 13.1 Å². The molecule has 2 rings (SSSR count). The molecule has 132 valence electrons. The summed E-state index contributed by atoms with van der Waals surface area (Å²) in [4.78, 5) is 21.8. The summed E-state index contributed by atoms with van der Waals surface area (Å²) in [6.07, 6.45) is 7.87. The molecule has 8 heteroatoms. The quantitative estimate of drug-likeness (QED) is 0.399. The second-order valence-corrected chi connectivity index (χ2v) is 6.75. The van der Waals surface area contributed by atoms with E-state index in [4.69, 9.17) is 0 Å². The Balaban J connectivity index is 1.65.